The van der Waals surface area contributed by atoms with Crippen molar-refractivity contribution in [2.45, 2.75) is 0 Å². The Hall–Kier alpha value is -2.07. The Labute approximate surface area is 114 Å². The maximum atomic E-state index is 13.6. The Kier molecular flexibility index (Phi) is 3.71. The van der Waals surface area contributed by atoms with Crippen molar-refractivity contribution in [3.8, 4) is 5.75 Å². The van der Waals surface area contributed by atoms with Gasteiger partial charge in [-0.15, -0.1) is 0 Å². The average Bonchev–Trinajstić information content (AvgIpc) is 2.38. The van der Waals surface area contributed by atoms with Gasteiger partial charge in [-0.3, -0.25) is 4.79 Å². The second kappa shape index (κ2) is 5.28. The fourth-order valence-electron chi connectivity index (χ4n) is 1.68. The van der Waals surface area contributed by atoms with E-state index in [0.717, 1.165) is 6.07 Å². The minimum atomic E-state index is -0.597. The molecule has 98 valence electrons. The summed E-state index contributed by atoms with van der Waals surface area (Å²) >= 11 is 5.95. The summed E-state index contributed by atoms with van der Waals surface area (Å²) in [5.74, 6) is -0.883. The molecular weight excluding hydrogens is 269 g/mol. The topological polar surface area (TPSA) is 52.3 Å². The molecule has 0 fully saturated rings. The van der Waals surface area contributed by atoms with Gasteiger partial charge in [0.15, 0.2) is 17.3 Å². The lowest BCUT2D eigenvalue weighted by Crippen LogP contribution is -2.04. The summed E-state index contributed by atoms with van der Waals surface area (Å²) in [6.45, 7) is 0. The van der Waals surface area contributed by atoms with E-state index in [1.807, 2.05) is 0 Å². The van der Waals surface area contributed by atoms with Crippen molar-refractivity contribution in [2.75, 3.05) is 12.8 Å². The lowest BCUT2D eigenvalue weighted by molar-refractivity contribution is 0.103. The number of halogens is 2. The molecule has 0 aliphatic rings. The third kappa shape index (κ3) is 2.69. The zero-order chi connectivity index (χ0) is 14.0. The molecule has 2 rings (SSSR count). The van der Waals surface area contributed by atoms with Crippen LogP contribution in [-0.4, -0.2) is 12.9 Å². The quantitative estimate of drug-likeness (QED) is 0.693. The number of benzene rings is 2. The van der Waals surface area contributed by atoms with Crippen molar-refractivity contribution in [1.29, 1.82) is 0 Å². The van der Waals surface area contributed by atoms with Crippen LogP contribution in [0.3, 0.4) is 0 Å². The van der Waals surface area contributed by atoms with Gasteiger partial charge in [0.05, 0.1) is 12.1 Å². The Morgan fingerprint density at radius 2 is 2.00 bits per heavy atom. The van der Waals surface area contributed by atoms with Gasteiger partial charge in [0.2, 0.25) is 0 Å². The van der Waals surface area contributed by atoms with Gasteiger partial charge in [-0.2, -0.15) is 0 Å². The standard InChI is InChI=1S/C14H11ClFNO2/c1-19-13-5-2-8(6-12(13)16)14(18)10-4-3-9(17)7-11(10)15/h2-7H,17H2,1H3. The van der Waals surface area contributed by atoms with E-state index in [2.05, 4.69) is 0 Å². The minimum Gasteiger partial charge on any atom is -0.494 e. The molecule has 5 heteroatoms. The Balaban J connectivity index is 2.41. The van der Waals surface area contributed by atoms with Gasteiger partial charge >= 0.3 is 0 Å². The van der Waals surface area contributed by atoms with Crippen molar-refractivity contribution in [3.63, 3.8) is 0 Å². The molecule has 0 saturated heterocycles. The molecule has 0 spiro atoms. The predicted molar refractivity (Wildman–Crippen MR) is 72.2 cm³/mol. The lowest BCUT2D eigenvalue weighted by atomic mass is 10.0. The van der Waals surface area contributed by atoms with E-state index in [-0.39, 0.29) is 27.7 Å². The maximum Gasteiger partial charge on any atom is 0.194 e. The van der Waals surface area contributed by atoms with Gasteiger partial charge < -0.3 is 10.5 Å². The molecule has 0 bridgehead atoms. The van der Waals surface area contributed by atoms with Crippen LogP contribution < -0.4 is 10.5 Å². The first kappa shape index (κ1) is 13.4. The van der Waals surface area contributed by atoms with Crippen LogP contribution in [0.15, 0.2) is 36.4 Å². The van der Waals surface area contributed by atoms with Crippen molar-refractivity contribution < 1.29 is 13.9 Å². The molecule has 3 nitrogen and oxygen atoms in total. The molecule has 2 aromatic carbocycles. The van der Waals surface area contributed by atoms with Gasteiger partial charge in [0.25, 0.3) is 0 Å². The largest absolute Gasteiger partial charge is 0.494 e. The highest BCUT2D eigenvalue weighted by molar-refractivity contribution is 6.35. The van der Waals surface area contributed by atoms with E-state index >= 15 is 0 Å². The number of nitrogen functional groups attached to an aromatic ring is 1. The minimum absolute atomic E-state index is 0.0833. The molecule has 0 aliphatic heterocycles. The number of carbonyl (C=O) groups excluding carboxylic acids is 1. The highest BCUT2D eigenvalue weighted by atomic mass is 35.5. The van der Waals surface area contributed by atoms with Crippen LogP contribution in [-0.2, 0) is 0 Å². The predicted octanol–water partition coefficient (Wildman–Crippen LogP) is 3.30. The summed E-state index contributed by atoms with van der Waals surface area (Å²) in [5, 5.41) is 0.237. The number of anilines is 1. The molecule has 0 saturated carbocycles. The van der Waals surface area contributed by atoms with Crippen LogP contribution in [0.4, 0.5) is 10.1 Å². The van der Waals surface area contributed by atoms with E-state index in [1.165, 1.54) is 31.4 Å². The van der Waals surface area contributed by atoms with Crippen molar-refractivity contribution in [3.05, 3.63) is 58.4 Å². The van der Waals surface area contributed by atoms with Crippen LogP contribution >= 0.6 is 11.6 Å². The van der Waals surface area contributed by atoms with Crippen LogP contribution in [0.2, 0.25) is 5.02 Å². The Bertz CT molecular complexity index is 643. The molecule has 19 heavy (non-hydrogen) atoms. The molecule has 2 aromatic rings. The first-order valence-electron chi connectivity index (χ1n) is 5.46. The number of carbonyl (C=O) groups is 1. The first-order chi connectivity index (χ1) is 9.02. The van der Waals surface area contributed by atoms with Crippen LogP contribution in [0.1, 0.15) is 15.9 Å². The maximum absolute atomic E-state index is 13.6. The summed E-state index contributed by atoms with van der Waals surface area (Å²) < 4.78 is 18.4. The van der Waals surface area contributed by atoms with E-state index in [4.69, 9.17) is 22.1 Å². The van der Waals surface area contributed by atoms with Crippen LogP contribution in [0.5, 0.6) is 5.75 Å². The SMILES string of the molecule is COc1ccc(C(=O)c2ccc(N)cc2Cl)cc1F. The highest BCUT2D eigenvalue weighted by Gasteiger charge is 2.15. The molecule has 0 amide bonds. The Morgan fingerprint density at radius 3 is 2.58 bits per heavy atom. The van der Waals surface area contributed by atoms with Gasteiger partial charge in [0.1, 0.15) is 0 Å². The average molecular weight is 280 g/mol. The number of nitrogens with two attached hydrogens (primary N) is 1. The number of methoxy groups -OCH3 is 1. The van der Waals surface area contributed by atoms with Gasteiger partial charge in [-0.1, -0.05) is 11.6 Å². The molecule has 0 aromatic heterocycles. The monoisotopic (exact) mass is 279 g/mol. The molecule has 2 N–H and O–H groups in total. The number of ether oxygens (including phenoxy) is 1. The molecule has 0 atom stereocenters. The smallest absolute Gasteiger partial charge is 0.194 e. The number of hydrogen-bond donors (Lipinski definition) is 1. The Morgan fingerprint density at radius 1 is 1.26 bits per heavy atom. The zero-order valence-electron chi connectivity index (χ0n) is 10.1. The number of rotatable bonds is 3. The third-order valence-electron chi connectivity index (χ3n) is 2.65. The van der Waals surface area contributed by atoms with E-state index in [0.29, 0.717) is 5.69 Å². The molecule has 0 aliphatic carbocycles. The van der Waals surface area contributed by atoms with Gasteiger partial charge in [-0.05, 0) is 36.4 Å². The fourth-order valence-corrected chi connectivity index (χ4v) is 1.95. The first-order valence-corrected chi connectivity index (χ1v) is 5.84. The zero-order valence-corrected chi connectivity index (χ0v) is 10.9. The fraction of sp³-hybridized carbons (Fsp3) is 0.0714. The number of hydrogen-bond acceptors (Lipinski definition) is 3. The lowest BCUT2D eigenvalue weighted by Gasteiger charge is -2.06. The summed E-state index contributed by atoms with van der Waals surface area (Å²) in [7, 11) is 1.36. The van der Waals surface area contributed by atoms with Crippen molar-refractivity contribution >= 4 is 23.1 Å². The van der Waals surface area contributed by atoms with E-state index in [1.54, 1.807) is 6.07 Å². The summed E-state index contributed by atoms with van der Waals surface area (Å²) in [6.07, 6.45) is 0. The third-order valence-corrected chi connectivity index (χ3v) is 2.96. The van der Waals surface area contributed by atoms with Gasteiger partial charge in [-0.25, -0.2) is 4.39 Å². The molecule has 0 unspecified atom stereocenters. The normalized spacial score (nSPS) is 10.3. The van der Waals surface area contributed by atoms with Crippen molar-refractivity contribution in [1.82, 2.24) is 0 Å². The van der Waals surface area contributed by atoms with Gasteiger partial charge in [0, 0.05) is 16.8 Å². The van der Waals surface area contributed by atoms with Crippen LogP contribution in [0.25, 0.3) is 0 Å². The summed E-state index contributed by atoms with van der Waals surface area (Å²) in [6, 6.07) is 8.56. The second-order valence-electron chi connectivity index (χ2n) is 3.92. The van der Waals surface area contributed by atoms with E-state index in [9.17, 15) is 9.18 Å². The van der Waals surface area contributed by atoms with Crippen LogP contribution in [0, 0.1) is 5.82 Å². The molecule has 0 heterocycles. The molecular formula is C14H11ClFNO2. The molecule has 0 radical (unpaired) electrons. The van der Waals surface area contributed by atoms with Crippen molar-refractivity contribution in [2.24, 2.45) is 0 Å². The number of ketones is 1. The summed E-state index contributed by atoms with van der Waals surface area (Å²) in [5.41, 5.74) is 6.49. The summed E-state index contributed by atoms with van der Waals surface area (Å²) in [4.78, 5) is 12.2. The second-order valence-corrected chi connectivity index (χ2v) is 4.32. The highest BCUT2D eigenvalue weighted by Crippen LogP contribution is 2.24. The van der Waals surface area contributed by atoms with E-state index < -0.39 is 5.82 Å².